The lowest BCUT2D eigenvalue weighted by atomic mass is 9.98. The number of rotatable bonds is 2. The molecule has 1 saturated heterocycles. The average Bonchev–Trinajstić information content (AvgIpc) is 2.34. The van der Waals surface area contributed by atoms with Crippen LogP contribution in [0.1, 0.15) is 25.0 Å². The molecule has 1 aliphatic heterocycles. The van der Waals surface area contributed by atoms with Crippen LogP contribution in [0.2, 0.25) is 0 Å². The van der Waals surface area contributed by atoms with Gasteiger partial charge in [-0.1, -0.05) is 12.1 Å². The molecule has 1 N–H and O–H groups in total. The molecule has 0 saturated carbocycles. The molecule has 0 bridgehead atoms. The number of hydrogen-bond donors (Lipinski definition) is 1. The maximum absolute atomic E-state index is 14.0. The van der Waals surface area contributed by atoms with E-state index in [-0.39, 0.29) is 16.9 Å². The van der Waals surface area contributed by atoms with Gasteiger partial charge in [0.25, 0.3) is 0 Å². The molecule has 0 unspecified atom stereocenters. The van der Waals surface area contributed by atoms with Gasteiger partial charge in [-0.15, -0.1) is 0 Å². The quantitative estimate of drug-likeness (QED) is 0.867. The van der Waals surface area contributed by atoms with E-state index in [4.69, 9.17) is 5.26 Å². The summed E-state index contributed by atoms with van der Waals surface area (Å²) >= 11 is 0. The monoisotopic (exact) mass is 247 g/mol. The van der Waals surface area contributed by atoms with Crippen molar-refractivity contribution in [3.8, 4) is 6.07 Å². The molecule has 1 heterocycles. The first-order valence-corrected chi connectivity index (χ1v) is 6.18. The van der Waals surface area contributed by atoms with E-state index in [2.05, 4.69) is 24.1 Å². The van der Waals surface area contributed by atoms with Crippen molar-refractivity contribution in [2.45, 2.75) is 25.9 Å². The smallest absolute Gasteiger partial charge is 0.145 e. The van der Waals surface area contributed by atoms with E-state index in [0.29, 0.717) is 12.1 Å². The summed E-state index contributed by atoms with van der Waals surface area (Å²) in [6, 6.07) is 6.90. The molecule has 4 heteroatoms. The van der Waals surface area contributed by atoms with Gasteiger partial charge in [-0.05, 0) is 19.9 Å². The van der Waals surface area contributed by atoms with Crippen LogP contribution in [0.5, 0.6) is 0 Å². The summed E-state index contributed by atoms with van der Waals surface area (Å²) in [5.41, 5.74) is 0.734. The van der Waals surface area contributed by atoms with Gasteiger partial charge in [-0.3, -0.25) is 4.90 Å². The van der Waals surface area contributed by atoms with E-state index in [1.165, 1.54) is 6.07 Å². The highest BCUT2D eigenvalue weighted by Gasteiger charge is 2.30. The minimum Gasteiger partial charge on any atom is -0.314 e. The van der Waals surface area contributed by atoms with Crippen molar-refractivity contribution in [1.82, 2.24) is 10.2 Å². The Hall–Kier alpha value is -1.44. The Labute approximate surface area is 107 Å². The van der Waals surface area contributed by atoms with Crippen LogP contribution in [-0.2, 0) is 6.54 Å². The molecule has 0 amide bonds. The van der Waals surface area contributed by atoms with Crippen LogP contribution >= 0.6 is 0 Å². The van der Waals surface area contributed by atoms with Gasteiger partial charge in [0.2, 0.25) is 0 Å². The molecule has 1 aromatic rings. The van der Waals surface area contributed by atoms with E-state index < -0.39 is 0 Å². The molecule has 3 nitrogen and oxygen atoms in total. The van der Waals surface area contributed by atoms with Gasteiger partial charge in [0, 0.05) is 37.3 Å². The highest BCUT2D eigenvalue weighted by atomic mass is 19.1. The Balaban J connectivity index is 2.21. The SMILES string of the molecule is CC1(C)CNCCN1Cc1cccc(C#N)c1F. The molecule has 2 rings (SSSR count). The number of nitrogens with one attached hydrogen (secondary N) is 1. The normalized spacial score (nSPS) is 19.4. The van der Waals surface area contributed by atoms with Gasteiger partial charge in [-0.25, -0.2) is 4.39 Å². The van der Waals surface area contributed by atoms with E-state index >= 15 is 0 Å². The highest BCUT2D eigenvalue weighted by Crippen LogP contribution is 2.21. The van der Waals surface area contributed by atoms with E-state index in [9.17, 15) is 4.39 Å². The van der Waals surface area contributed by atoms with Gasteiger partial charge < -0.3 is 5.32 Å². The van der Waals surface area contributed by atoms with Crippen LogP contribution in [-0.4, -0.2) is 30.1 Å². The number of benzene rings is 1. The van der Waals surface area contributed by atoms with Gasteiger partial charge >= 0.3 is 0 Å². The number of hydrogen-bond acceptors (Lipinski definition) is 3. The third-order valence-corrected chi connectivity index (χ3v) is 3.53. The minimum atomic E-state index is -0.380. The minimum absolute atomic E-state index is 0.00728. The first-order valence-electron chi connectivity index (χ1n) is 6.18. The standard InChI is InChI=1S/C14H18FN3/c1-14(2)10-17-6-7-18(14)9-12-5-3-4-11(8-16)13(12)15/h3-5,17H,6-7,9-10H2,1-2H3. The van der Waals surface area contributed by atoms with Gasteiger partial charge in [0.05, 0.1) is 5.56 Å². The molecule has 0 atom stereocenters. The Morgan fingerprint density at radius 3 is 2.94 bits per heavy atom. The third kappa shape index (κ3) is 2.53. The Kier molecular flexibility index (Phi) is 3.65. The number of piperazine rings is 1. The fourth-order valence-corrected chi connectivity index (χ4v) is 2.31. The lowest BCUT2D eigenvalue weighted by Gasteiger charge is -2.42. The molecule has 0 aromatic heterocycles. The van der Waals surface area contributed by atoms with Crippen LogP contribution in [0.25, 0.3) is 0 Å². The zero-order chi connectivity index (χ0) is 13.2. The highest BCUT2D eigenvalue weighted by molar-refractivity contribution is 5.35. The molecule has 1 aromatic carbocycles. The zero-order valence-electron chi connectivity index (χ0n) is 10.8. The van der Waals surface area contributed by atoms with Crippen LogP contribution in [0.15, 0.2) is 18.2 Å². The van der Waals surface area contributed by atoms with Crippen LogP contribution < -0.4 is 5.32 Å². The first kappa shape index (κ1) is 13.0. The summed E-state index contributed by atoms with van der Waals surface area (Å²) in [6.07, 6.45) is 0. The topological polar surface area (TPSA) is 39.1 Å². The summed E-state index contributed by atoms with van der Waals surface area (Å²) in [7, 11) is 0. The molecular formula is C14H18FN3. The number of halogens is 1. The van der Waals surface area contributed by atoms with E-state index in [0.717, 1.165) is 19.6 Å². The molecular weight excluding hydrogens is 229 g/mol. The summed E-state index contributed by atoms with van der Waals surface area (Å²) in [6.45, 7) is 7.55. The van der Waals surface area contributed by atoms with Crippen molar-refractivity contribution in [1.29, 1.82) is 5.26 Å². The largest absolute Gasteiger partial charge is 0.314 e. The van der Waals surface area contributed by atoms with Crippen LogP contribution in [0, 0.1) is 17.1 Å². The lowest BCUT2D eigenvalue weighted by molar-refractivity contribution is 0.0816. The second kappa shape index (κ2) is 5.05. The molecule has 0 aliphatic carbocycles. The summed E-state index contributed by atoms with van der Waals surface area (Å²) in [5.74, 6) is -0.380. The maximum Gasteiger partial charge on any atom is 0.145 e. The zero-order valence-corrected chi connectivity index (χ0v) is 10.8. The summed E-state index contributed by atoms with van der Waals surface area (Å²) in [5, 5.41) is 12.2. The molecule has 1 fully saturated rings. The summed E-state index contributed by atoms with van der Waals surface area (Å²) < 4.78 is 14.0. The first-order chi connectivity index (χ1) is 8.54. The fourth-order valence-electron chi connectivity index (χ4n) is 2.31. The van der Waals surface area contributed by atoms with Crippen molar-refractivity contribution >= 4 is 0 Å². The van der Waals surface area contributed by atoms with Crippen molar-refractivity contribution in [2.75, 3.05) is 19.6 Å². The van der Waals surface area contributed by atoms with Crippen LogP contribution in [0.3, 0.4) is 0 Å². The Morgan fingerprint density at radius 1 is 1.50 bits per heavy atom. The summed E-state index contributed by atoms with van der Waals surface area (Å²) in [4.78, 5) is 2.25. The molecule has 1 aliphatic rings. The number of nitriles is 1. The number of nitrogens with zero attached hydrogens (tertiary/aromatic N) is 2. The Morgan fingerprint density at radius 2 is 2.28 bits per heavy atom. The fraction of sp³-hybridized carbons (Fsp3) is 0.500. The van der Waals surface area contributed by atoms with Gasteiger partial charge in [0.1, 0.15) is 11.9 Å². The molecule has 0 spiro atoms. The lowest BCUT2D eigenvalue weighted by Crippen LogP contribution is -2.57. The average molecular weight is 247 g/mol. The van der Waals surface area contributed by atoms with E-state index in [1.807, 2.05) is 6.07 Å². The van der Waals surface area contributed by atoms with E-state index in [1.54, 1.807) is 12.1 Å². The van der Waals surface area contributed by atoms with Crippen molar-refractivity contribution < 1.29 is 4.39 Å². The second-order valence-corrected chi connectivity index (χ2v) is 5.30. The maximum atomic E-state index is 14.0. The predicted octanol–water partition coefficient (Wildman–Crippen LogP) is 1.88. The second-order valence-electron chi connectivity index (χ2n) is 5.30. The van der Waals surface area contributed by atoms with Crippen molar-refractivity contribution in [2.24, 2.45) is 0 Å². The third-order valence-electron chi connectivity index (χ3n) is 3.53. The van der Waals surface area contributed by atoms with Crippen LogP contribution in [0.4, 0.5) is 4.39 Å². The Bertz CT molecular complexity index is 476. The molecule has 0 radical (unpaired) electrons. The van der Waals surface area contributed by atoms with Gasteiger partial charge in [0.15, 0.2) is 0 Å². The van der Waals surface area contributed by atoms with Crippen molar-refractivity contribution in [3.05, 3.63) is 35.1 Å². The molecule has 18 heavy (non-hydrogen) atoms. The predicted molar refractivity (Wildman–Crippen MR) is 68.5 cm³/mol. The van der Waals surface area contributed by atoms with Gasteiger partial charge in [-0.2, -0.15) is 5.26 Å². The van der Waals surface area contributed by atoms with Crippen molar-refractivity contribution in [3.63, 3.8) is 0 Å². The molecule has 96 valence electrons.